The van der Waals surface area contributed by atoms with Crippen molar-refractivity contribution in [3.8, 4) is 0 Å². The molecule has 0 bridgehead atoms. The summed E-state index contributed by atoms with van der Waals surface area (Å²) in [4.78, 5) is 5.06. The first-order chi connectivity index (χ1) is 16.8. The summed E-state index contributed by atoms with van der Waals surface area (Å²) in [5.74, 6) is 0.924. The minimum Gasteiger partial charge on any atom is -0.373 e. The van der Waals surface area contributed by atoms with Gasteiger partial charge >= 0.3 is 0 Å². The van der Waals surface area contributed by atoms with Gasteiger partial charge in [-0.15, -0.1) is 0 Å². The number of benzene rings is 2. The number of hydrogen-bond donors (Lipinski definition) is 0. The van der Waals surface area contributed by atoms with Crippen LogP contribution in [-0.4, -0.2) is 51.6 Å². The maximum atomic E-state index is 5.48. The Morgan fingerprint density at radius 3 is 1.74 bits per heavy atom. The molecule has 3 fully saturated rings. The third-order valence-electron chi connectivity index (χ3n) is 6.92. The van der Waals surface area contributed by atoms with Gasteiger partial charge in [-0.1, -0.05) is 51.5 Å². The van der Waals surface area contributed by atoms with E-state index in [4.69, 9.17) is 9.47 Å². The Bertz CT molecular complexity index is 839. The molecule has 5 rings (SSSR count). The largest absolute Gasteiger partial charge is 0.373 e. The zero-order valence-electron chi connectivity index (χ0n) is 21.5. The summed E-state index contributed by atoms with van der Waals surface area (Å²) >= 11 is 0. The molecule has 1 saturated carbocycles. The highest BCUT2D eigenvalue weighted by Crippen LogP contribution is 2.32. The van der Waals surface area contributed by atoms with Crippen LogP contribution in [0.3, 0.4) is 0 Å². The molecule has 2 saturated heterocycles. The van der Waals surface area contributed by atoms with E-state index in [1.807, 2.05) is 13.8 Å². The molecular formula is C30H44N2O2. The lowest BCUT2D eigenvalue weighted by Gasteiger charge is -2.25. The fourth-order valence-corrected chi connectivity index (χ4v) is 4.45. The number of epoxide rings is 2. The van der Waals surface area contributed by atoms with E-state index in [0.29, 0.717) is 12.2 Å². The molecule has 3 aliphatic rings. The van der Waals surface area contributed by atoms with E-state index in [1.165, 1.54) is 61.3 Å². The molecule has 4 nitrogen and oxygen atoms in total. The molecule has 2 unspecified atom stereocenters. The molecule has 0 radical (unpaired) electrons. The van der Waals surface area contributed by atoms with Gasteiger partial charge in [0.2, 0.25) is 0 Å². The molecule has 2 aliphatic heterocycles. The molecule has 186 valence electrons. The molecule has 1 aliphatic carbocycles. The molecule has 2 heterocycles. The number of ether oxygens (including phenoxy) is 2. The first kappa shape index (κ1) is 25.1. The normalized spacial score (nSPS) is 20.3. The Balaban J connectivity index is 0.00000133. The minimum absolute atomic E-state index is 0.408. The summed E-state index contributed by atoms with van der Waals surface area (Å²) < 4.78 is 10.9. The predicted octanol–water partition coefficient (Wildman–Crippen LogP) is 6.31. The molecule has 0 aromatic heterocycles. The van der Waals surface area contributed by atoms with Crippen molar-refractivity contribution >= 4 is 11.4 Å². The van der Waals surface area contributed by atoms with Gasteiger partial charge in [-0.3, -0.25) is 0 Å². The van der Waals surface area contributed by atoms with Gasteiger partial charge in [0.15, 0.2) is 0 Å². The number of rotatable bonds is 14. The second kappa shape index (κ2) is 12.6. The van der Waals surface area contributed by atoms with Crippen LogP contribution in [0, 0.1) is 5.92 Å². The first-order valence-corrected chi connectivity index (χ1v) is 13.7. The van der Waals surface area contributed by atoms with Crippen LogP contribution in [0.5, 0.6) is 0 Å². The summed E-state index contributed by atoms with van der Waals surface area (Å²) in [6, 6.07) is 18.4. The van der Waals surface area contributed by atoms with Crippen molar-refractivity contribution in [2.75, 3.05) is 49.2 Å². The fourth-order valence-electron chi connectivity index (χ4n) is 4.45. The first-order valence-electron chi connectivity index (χ1n) is 13.7. The molecule has 0 N–H and O–H groups in total. The highest BCUT2D eigenvalue weighted by atomic mass is 16.6. The average molecular weight is 465 g/mol. The standard InChI is InChI=1S/C28H38N2O2.C2H6/c1-2-3-15-29(18-24-4-5-24)25-10-6-22(7-11-25)17-23-8-12-26(13-9-23)30(19-28-21-32-28)16-14-27-20-31-27;1-2/h6-13,24,27-28H,2-5,14-21H2,1H3;1-2H3. The SMILES string of the molecule is CC.CCCCN(CC1CC1)c1ccc(Cc2ccc(N(CCC3CO3)CC3CO3)cc2)cc1. The van der Waals surface area contributed by atoms with E-state index in [1.54, 1.807) is 0 Å². The minimum atomic E-state index is 0.408. The third-order valence-corrected chi connectivity index (χ3v) is 6.92. The van der Waals surface area contributed by atoms with Gasteiger partial charge in [-0.05, 0) is 73.4 Å². The Morgan fingerprint density at radius 1 is 0.735 bits per heavy atom. The van der Waals surface area contributed by atoms with Crippen LogP contribution in [0.25, 0.3) is 0 Å². The smallest absolute Gasteiger partial charge is 0.0984 e. The average Bonchev–Trinajstić information content (AvgIpc) is 3.71. The van der Waals surface area contributed by atoms with Crippen molar-refractivity contribution in [3.63, 3.8) is 0 Å². The topological polar surface area (TPSA) is 31.5 Å². The van der Waals surface area contributed by atoms with Crippen LogP contribution in [0.1, 0.15) is 64.0 Å². The number of anilines is 2. The van der Waals surface area contributed by atoms with Crippen LogP contribution in [0.4, 0.5) is 11.4 Å². The van der Waals surface area contributed by atoms with Crippen LogP contribution in [0.2, 0.25) is 0 Å². The third kappa shape index (κ3) is 8.02. The predicted molar refractivity (Wildman–Crippen MR) is 143 cm³/mol. The van der Waals surface area contributed by atoms with Crippen LogP contribution in [0.15, 0.2) is 48.5 Å². The van der Waals surface area contributed by atoms with Gasteiger partial charge in [0, 0.05) is 37.6 Å². The van der Waals surface area contributed by atoms with Crippen LogP contribution >= 0.6 is 0 Å². The molecular weight excluding hydrogens is 420 g/mol. The second-order valence-corrected chi connectivity index (χ2v) is 9.90. The van der Waals surface area contributed by atoms with E-state index < -0.39 is 0 Å². The monoisotopic (exact) mass is 464 g/mol. The molecule has 4 heteroatoms. The van der Waals surface area contributed by atoms with Crippen molar-refractivity contribution in [2.45, 2.75) is 71.5 Å². The number of nitrogens with zero attached hydrogens (tertiary/aromatic N) is 2. The number of unbranched alkanes of at least 4 members (excludes halogenated alkanes) is 1. The van der Waals surface area contributed by atoms with Crippen molar-refractivity contribution in [1.29, 1.82) is 0 Å². The van der Waals surface area contributed by atoms with Crippen LogP contribution < -0.4 is 9.80 Å². The zero-order valence-corrected chi connectivity index (χ0v) is 21.5. The lowest BCUT2D eigenvalue weighted by molar-refractivity contribution is 0.388. The maximum absolute atomic E-state index is 5.48. The lowest BCUT2D eigenvalue weighted by atomic mass is 10.0. The van der Waals surface area contributed by atoms with Gasteiger partial charge in [-0.25, -0.2) is 0 Å². The lowest BCUT2D eigenvalue weighted by Crippen LogP contribution is -2.29. The molecule has 0 amide bonds. The molecule has 0 spiro atoms. The Morgan fingerprint density at radius 2 is 1.26 bits per heavy atom. The highest BCUT2D eigenvalue weighted by Gasteiger charge is 2.28. The second-order valence-electron chi connectivity index (χ2n) is 9.90. The fraction of sp³-hybridized carbons (Fsp3) is 0.600. The van der Waals surface area contributed by atoms with Crippen LogP contribution in [-0.2, 0) is 15.9 Å². The van der Waals surface area contributed by atoms with E-state index in [-0.39, 0.29) is 0 Å². The molecule has 2 atom stereocenters. The molecule has 2 aromatic carbocycles. The van der Waals surface area contributed by atoms with Gasteiger partial charge in [0.25, 0.3) is 0 Å². The van der Waals surface area contributed by atoms with E-state index in [9.17, 15) is 0 Å². The maximum Gasteiger partial charge on any atom is 0.0984 e. The van der Waals surface area contributed by atoms with Gasteiger partial charge < -0.3 is 19.3 Å². The van der Waals surface area contributed by atoms with Gasteiger partial charge in [0.1, 0.15) is 0 Å². The van der Waals surface area contributed by atoms with E-state index in [0.717, 1.165) is 45.1 Å². The van der Waals surface area contributed by atoms with Gasteiger partial charge in [0.05, 0.1) is 25.4 Å². The quantitative estimate of drug-likeness (QED) is 0.306. The van der Waals surface area contributed by atoms with E-state index in [2.05, 4.69) is 65.3 Å². The van der Waals surface area contributed by atoms with Crippen molar-refractivity contribution in [1.82, 2.24) is 0 Å². The molecule has 34 heavy (non-hydrogen) atoms. The van der Waals surface area contributed by atoms with Crippen molar-refractivity contribution in [3.05, 3.63) is 59.7 Å². The van der Waals surface area contributed by atoms with Crippen molar-refractivity contribution < 1.29 is 9.47 Å². The highest BCUT2D eigenvalue weighted by molar-refractivity contribution is 5.50. The summed E-state index contributed by atoms with van der Waals surface area (Å²) in [7, 11) is 0. The number of hydrogen-bond acceptors (Lipinski definition) is 4. The Labute approximate surface area is 207 Å². The zero-order chi connectivity index (χ0) is 23.8. The summed E-state index contributed by atoms with van der Waals surface area (Å²) in [5.41, 5.74) is 5.45. The summed E-state index contributed by atoms with van der Waals surface area (Å²) in [5, 5.41) is 0. The van der Waals surface area contributed by atoms with E-state index >= 15 is 0 Å². The summed E-state index contributed by atoms with van der Waals surface area (Å²) in [6.07, 6.45) is 8.34. The van der Waals surface area contributed by atoms with Crippen molar-refractivity contribution in [2.24, 2.45) is 5.92 Å². The summed E-state index contributed by atoms with van der Waals surface area (Å²) in [6.45, 7) is 12.6. The van der Waals surface area contributed by atoms with Gasteiger partial charge in [-0.2, -0.15) is 0 Å². The Hall–Kier alpha value is -2.04. The molecule has 2 aromatic rings. The Kier molecular flexibility index (Phi) is 9.29.